The van der Waals surface area contributed by atoms with Crippen LogP contribution in [0.15, 0.2) is 0 Å². The topological polar surface area (TPSA) is 183 Å². The van der Waals surface area contributed by atoms with Crippen molar-refractivity contribution in [2.24, 2.45) is 17.3 Å². The fourth-order valence-corrected chi connectivity index (χ4v) is 9.08. The van der Waals surface area contributed by atoms with Gasteiger partial charge in [-0.05, 0) is 81.5 Å². The summed E-state index contributed by atoms with van der Waals surface area (Å²) in [5.74, 6) is -4.41. The van der Waals surface area contributed by atoms with E-state index in [0.29, 0.717) is 32.1 Å². The molecular formula is C40H64N6O7. The Kier molecular flexibility index (Phi) is 14.0. The molecule has 1 heterocycles. The maximum Gasteiger partial charge on any atom is 0.309 e. The van der Waals surface area contributed by atoms with Gasteiger partial charge in [0.15, 0.2) is 0 Å². The number of amides is 6. The molecule has 5 fully saturated rings. The third-order valence-corrected chi connectivity index (χ3v) is 12.2. The van der Waals surface area contributed by atoms with Crippen LogP contribution >= 0.6 is 0 Å². The third-order valence-electron chi connectivity index (χ3n) is 12.2. The summed E-state index contributed by atoms with van der Waals surface area (Å²) in [7, 11) is 0. The molecule has 5 rings (SSSR count). The Labute approximate surface area is 315 Å². The monoisotopic (exact) mass is 740 g/mol. The van der Waals surface area contributed by atoms with Crippen LogP contribution in [-0.4, -0.2) is 88.4 Å². The Morgan fingerprint density at radius 2 is 1.25 bits per heavy atom. The summed E-state index contributed by atoms with van der Waals surface area (Å²) < 4.78 is 0. The highest BCUT2D eigenvalue weighted by Gasteiger charge is 2.51. The minimum absolute atomic E-state index is 0.00442. The van der Waals surface area contributed by atoms with Gasteiger partial charge in [0.25, 0.3) is 5.91 Å². The van der Waals surface area contributed by atoms with Crippen LogP contribution in [-0.2, 0) is 33.6 Å². The van der Waals surface area contributed by atoms with E-state index in [-0.39, 0.29) is 35.9 Å². The molecule has 0 spiro atoms. The number of carbonyl (C=O) groups excluding carboxylic acids is 7. The molecule has 0 aromatic heterocycles. The highest BCUT2D eigenvalue weighted by atomic mass is 16.2. The molecular weight excluding hydrogens is 676 g/mol. The van der Waals surface area contributed by atoms with Gasteiger partial charge in [-0.15, -0.1) is 0 Å². The average Bonchev–Trinajstić information content (AvgIpc) is 3.87. The second-order valence-electron chi connectivity index (χ2n) is 17.5. The van der Waals surface area contributed by atoms with Crippen LogP contribution in [0.5, 0.6) is 0 Å². The lowest BCUT2D eigenvalue weighted by Crippen LogP contribution is -2.63. The van der Waals surface area contributed by atoms with E-state index in [1.165, 1.54) is 0 Å². The summed E-state index contributed by atoms with van der Waals surface area (Å²) in [6.45, 7) is 7.47. The van der Waals surface area contributed by atoms with Gasteiger partial charge in [0.1, 0.15) is 18.1 Å². The molecule has 0 aromatic rings. The molecule has 6 amide bonds. The first kappa shape index (κ1) is 40.7. The molecule has 296 valence electrons. The maximum atomic E-state index is 14.9. The van der Waals surface area contributed by atoms with Gasteiger partial charge in [0.2, 0.25) is 23.5 Å². The van der Waals surface area contributed by atoms with Crippen molar-refractivity contribution >= 4 is 41.2 Å². The van der Waals surface area contributed by atoms with Crippen LogP contribution < -0.4 is 26.6 Å². The van der Waals surface area contributed by atoms with Gasteiger partial charge in [-0.3, -0.25) is 33.6 Å². The van der Waals surface area contributed by atoms with Crippen molar-refractivity contribution in [2.45, 2.75) is 192 Å². The Balaban J connectivity index is 1.34. The van der Waals surface area contributed by atoms with Gasteiger partial charge in [-0.1, -0.05) is 85.5 Å². The van der Waals surface area contributed by atoms with Crippen molar-refractivity contribution in [1.29, 1.82) is 0 Å². The second kappa shape index (κ2) is 18.2. The van der Waals surface area contributed by atoms with Crippen LogP contribution in [0, 0.1) is 17.3 Å². The van der Waals surface area contributed by atoms with Crippen molar-refractivity contribution in [3.63, 3.8) is 0 Å². The van der Waals surface area contributed by atoms with E-state index >= 15 is 0 Å². The van der Waals surface area contributed by atoms with Gasteiger partial charge < -0.3 is 31.5 Å². The zero-order valence-corrected chi connectivity index (χ0v) is 32.4. The molecule has 5 aliphatic rings. The number of ketones is 1. The van der Waals surface area contributed by atoms with Crippen molar-refractivity contribution < 1.29 is 33.6 Å². The molecule has 13 nitrogen and oxygen atoms in total. The van der Waals surface area contributed by atoms with E-state index in [9.17, 15) is 33.6 Å². The Morgan fingerprint density at radius 1 is 0.660 bits per heavy atom. The Bertz CT molecular complexity index is 1360. The summed E-state index contributed by atoms with van der Waals surface area (Å²) in [4.78, 5) is 97.1. The molecule has 1 saturated heterocycles. The summed E-state index contributed by atoms with van der Waals surface area (Å²) in [5, 5.41) is 14.2. The number of hydrogen-bond acceptors (Lipinski definition) is 7. The summed E-state index contributed by atoms with van der Waals surface area (Å²) >= 11 is 0. The number of likely N-dealkylation sites (tertiary alicyclic amines) is 1. The van der Waals surface area contributed by atoms with E-state index < -0.39 is 64.9 Å². The molecule has 5 N–H and O–H groups in total. The number of rotatable bonds is 13. The lowest BCUT2D eigenvalue weighted by molar-refractivity contribution is -0.148. The summed E-state index contributed by atoms with van der Waals surface area (Å²) in [6.07, 6.45) is 15.5. The number of nitrogens with zero attached hydrogens (tertiary/aromatic N) is 1. The standard InChI is InChI=1S/C40H64N6O7/c1-5-14-28(32(47)36(50)41-27-21-22-27)43-34(48)30-23-25-17-12-13-20-29(25)46(30)39(53)33(40(2,3)4)45-35(49)31(24-15-8-6-9-16-24)44-38(52)37(51)42-26-18-10-7-11-19-26/h24-31,33H,5-23H2,1-4H3,(H,41,50)(H,42,51)(H,43,48)(H,44,52)(H,45,49)/t25-,28-,29-,30-,31-,33+/m0/s1. The lowest BCUT2D eigenvalue weighted by atomic mass is 9.81. The molecule has 4 aliphatic carbocycles. The summed E-state index contributed by atoms with van der Waals surface area (Å²) in [5.41, 5.74) is -0.776. The SMILES string of the molecule is CCC[C@H](NC(=O)[C@@H]1C[C@@H]2CCCC[C@@H]2N1C(=O)[C@@H](NC(=O)[C@@H](NC(=O)C(=O)NC1CCCCC1)C1CCCCC1)C(C)(C)C)C(=O)C(=O)NC1CC1. The number of hydrogen-bond donors (Lipinski definition) is 5. The molecule has 0 aromatic carbocycles. The van der Waals surface area contributed by atoms with E-state index in [2.05, 4.69) is 26.6 Å². The van der Waals surface area contributed by atoms with Crippen LogP contribution in [0.4, 0.5) is 0 Å². The molecule has 53 heavy (non-hydrogen) atoms. The highest BCUT2D eigenvalue weighted by Crippen LogP contribution is 2.41. The van der Waals surface area contributed by atoms with Gasteiger partial charge in [0, 0.05) is 18.1 Å². The minimum atomic E-state index is -1.04. The molecule has 0 bridgehead atoms. The molecule has 0 unspecified atom stereocenters. The molecule has 4 saturated carbocycles. The van der Waals surface area contributed by atoms with Gasteiger partial charge >= 0.3 is 11.8 Å². The first-order valence-corrected chi connectivity index (χ1v) is 20.7. The van der Waals surface area contributed by atoms with Gasteiger partial charge in [-0.2, -0.15) is 0 Å². The zero-order chi connectivity index (χ0) is 38.3. The minimum Gasteiger partial charge on any atom is -0.347 e. The molecule has 0 radical (unpaired) electrons. The molecule has 1 aliphatic heterocycles. The van der Waals surface area contributed by atoms with Crippen molar-refractivity contribution in [3.8, 4) is 0 Å². The maximum absolute atomic E-state index is 14.9. The molecule has 13 heteroatoms. The van der Waals surface area contributed by atoms with Crippen molar-refractivity contribution in [3.05, 3.63) is 0 Å². The number of nitrogens with one attached hydrogen (secondary N) is 5. The van der Waals surface area contributed by atoms with Crippen LogP contribution in [0.3, 0.4) is 0 Å². The van der Waals surface area contributed by atoms with Crippen LogP contribution in [0.1, 0.15) is 150 Å². The fourth-order valence-electron chi connectivity index (χ4n) is 9.08. The first-order valence-electron chi connectivity index (χ1n) is 20.7. The quantitative estimate of drug-likeness (QED) is 0.180. The Hall–Kier alpha value is -3.51. The van der Waals surface area contributed by atoms with Crippen molar-refractivity contribution in [2.75, 3.05) is 0 Å². The van der Waals surface area contributed by atoms with E-state index in [0.717, 1.165) is 89.9 Å². The van der Waals surface area contributed by atoms with Gasteiger partial charge in [-0.25, -0.2) is 0 Å². The first-order chi connectivity index (χ1) is 25.3. The smallest absolute Gasteiger partial charge is 0.309 e. The predicted octanol–water partition coefficient (Wildman–Crippen LogP) is 3.32. The number of carbonyl (C=O) groups is 7. The number of Topliss-reactive ketones (excluding diaryl/α,β-unsaturated/α-hetero) is 1. The third kappa shape index (κ3) is 10.6. The van der Waals surface area contributed by atoms with E-state index in [1.54, 1.807) is 4.90 Å². The normalized spacial score (nSPS) is 25.6. The summed E-state index contributed by atoms with van der Waals surface area (Å²) in [6, 6.07) is -4.17. The second-order valence-corrected chi connectivity index (χ2v) is 17.5. The van der Waals surface area contributed by atoms with E-state index in [1.807, 2.05) is 27.7 Å². The van der Waals surface area contributed by atoms with Crippen LogP contribution in [0.25, 0.3) is 0 Å². The largest absolute Gasteiger partial charge is 0.347 e. The van der Waals surface area contributed by atoms with Crippen molar-refractivity contribution in [1.82, 2.24) is 31.5 Å². The molecule has 6 atom stereocenters. The fraction of sp³-hybridized carbons (Fsp3) is 0.825. The van der Waals surface area contributed by atoms with E-state index in [4.69, 9.17) is 0 Å². The predicted molar refractivity (Wildman–Crippen MR) is 199 cm³/mol. The zero-order valence-electron chi connectivity index (χ0n) is 32.4. The average molecular weight is 741 g/mol. The lowest BCUT2D eigenvalue weighted by Gasteiger charge is -2.40. The highest BCUT2D eigenvalue weighted by molar-refractivity contribution is 6.38. The van der Waals surface area contributed by atoms with Gasteiger partial charge in [0.05, 0.1) is 6.04 Å². The number of fused-ring (bicyclic) bond motifs is 1. The Morgan fingerprint density at radius 3 is 1.87 bits per heavy atom. The van der Waals surface area contributed by atoms with Crippen LogP contribution in [0.2, 0.25) is 0 Å².